The van der Waals surface area contributed by atoms with E-state index in [0.717, 1.165) is 5.82 Å². The first kappa shape index (κ1) is 11.9. The Morgan fingerprint density at radius 3 is 2.40 bits per heavy atom. The number of carbonyl (C=O) groups excluding carboxylic acids is 1. The Kier molecular flexibility index (Phi) is 3.00. The van der Waals surface area contributed by atoms with Gasteiger partial charge in [-0.3, -0.25) is 4.79 Å². The van der Waals surface area contributed by atoms with E-state index in [1.807, 2.05) is 27.7 Å². The first-order valence-corrected chi connectivity index (χ1v) is 4.95. The van der Waals surface area contributed by atoms with Crippen LogP contribution in [-0.4, -0.2) is 26.5 Å². The van der Waals surface area contributed by atoms with Crippen molar-refractivity contribution in [3.8, 4) is 0 Å². The lowest BCUT2D eigenvalue weighted by atomic mass is 9.86. The number of Topliss-reactive ketones (excluding diaryl/α,β-unsaturated/α-hetero) is 1. The summed E-state index contributed by atoms with van der Waals surface area (Å²) in [6, 6.07) is 0. The Labute approximate surface area is 89.9 Å². The standard InChI is InChI=1S/C11H18N2O2/c1-7-12-6-8(13(7)5)9(14)10(15)11(2,3)4/h6,10,15H,1-5H3. The van der Waals surface area contributed by atoms with Gasteiger partial charge in [0.2, 0.25) is 5.78 Å². The van der Waals surface area contributed by atoms with Crippen LogP contribution in [0.25, 0.3) is 0 Å². The van der Waals surface area contributed by atoms with Gasteiger partial charge in [-0.15, -0.1) is 0 Å². The molecule has 1 N–H and O–H groups in total. The second kappa shape index (κ2) is 3.77. The molecule has 1 heterocycles. The van der Waals surface area contributed by atoms with Gasteiger partial charge in [-0.1, -0.05) is 20.8 Å². The number of imidazole rings is 1. The predicted molar refractivity (Wildman–Crippen MR) is 57.7 cm³/mol. The third-order valence-electron chi connectivity index (χ3n) is 2.54. The molecule has 15 heavy (non-hydrogen) atoms. The van der Waals surface area contributed by atoms with E-state index in [1.165, 1.54) is 6.20 Å². The van der Waals surface area contributed by atoms with Gasteiger partial charge in [0.05, 0.1) is 6.20 Å². The van der Waals surface area contributed by atoms with Crippen LogP contribution in [0.15, 0.2) is 6.20 Å². The van der Waals surface area contributed by atoms with Crippen LogP contribution in [0.2, 0.25) is 0 Å². The van der Waals surface area contributed by atoms with Gasteiger partial charge >= 0.3 is 0 Å². The lowest BCUT2D eigenvalue weighted by molar-refractivity contribution is 0.0434. The van der Waals surface area contributed by atoms with E-state index in [9.17, 15) is 9.90 Å². The van der Waals surface area contributed by atoms with Gasteiger partial charge in [0.15, 0.2) is 0 Å². The zero-order chi connectivity index (χ0) is 11.8. The number of hydrogen-bond donors (Lipinski definition) is 1. The van der Waals surface area contributed by atoms with Crippen molar-refractivity contribution in [1.82, 2.24) is 9.55 Å². The van der Waals surface area contributed by atoms with Crippen molar-refractivity contribution in [2.24, 2.45) is 12.5 Å². The quantitative estimate of drug-likeness (QED) is 0.749. The molecular formula is C11H18N2O2. The molecule has 0 bridgehead atoms. The molecule has 0 saturated carbocycles. The fraction of sp³-hybridized carbons (Fsp3) is 0.636. The minimum absolute atomic E-state index is 0.273. The third kappa shape index (κ3) is 2.26. The molecular weight excluding hydrogens is 192 g/mol. The second-order valence-electron chi connectivity index (χ2n) is 4.88. The lowest BCUT2D eigenvalue weighted by Crippen LogP contribution is -2.35. The molecule has 0 aliphatic rings. The number of aryl methyl sites for hydroxylation is 1. The predicted octanol–water partition coefficient (Wildman–Crippen LogP) is 1.32. The highest BCUT2D eigenvalue weighted by Crippen LogP contribution is 2.22. The summed E-state index contributed by atoms with van der Waals surface area (Å²) in [5.74, 6) is 0.491. The first-order valence-electron chi connectivity index (χ1n) is 4.95. The Morgan fingerprint density at radius 2 is 2.07 bits per heavy atom. The van der Waals surface area contributed by atoms with Crippen molar-refractivity contribution in [2.75, 3.05) is 0 Å². The summed E-state index contributed by atoms with van der Waals surface area (Å²) in [5, 5.41) is 9.85. The number of aliphatic hydroxyl groups excluding tert-OH is 1. The zero-order valence-corrected chi connectivity index (χ0v) is 9.90. The van der Waals surface area contributed by atoms with Crippen LogP contribution in [0, 0.1) is 12.3 Å². The minimum atomic E-state index is -0.993. The van der Waals surface area contributed by atoms with E-state index < -0.39 is 11.5 Å². The molecule has 0 spiro atoms. The minimum Gasteiger partial charge on any atom is -0.384 e. The maximum Gasteiger partial charge on any atom is 0.209 e. The molecule has 1 rings (SSSR count). The van der Waals surface area contributed by atoms with Crippen molar-refractivity contribution in [3.05, 3.63) is 17.7 Å². The summed E-state index contributed by atoms with van der Waals surface area (Å²) in [4.78, 5) is 15.9. The van der Waals surface area contributed by atoms with Gasteiger partial charge in [0, 0.05) is 7.05 Å². The maximum absolute atomic E-state index is 11.9. The molecule has 0 fully saturated rings. The lowest BCUT2D eigenvalue weighted by Gasteiger charge is -2.24. The van der Waals surface area contributed by atoms with Crippen LogP contribution in [0.1, 0.15) is 37.1 Å². The summed E-state index contributed by atoms with van der Waals surface area (Å²) in [6.07, 6.45) is 0.513. The number of hydrogen-bond acceptors (Lipinski definition) is 3. The Hall–Kier alpha value is -1.16. The van der Waals surface area contributed by atoms with E-state index >= 15 is 0 Å². The highest BCUT2D eigenvalue weighted by atomic mass is 16.3. The van der Waals surface area contributed by atoms with Gasteiger partial charge < -0.3 is 9.67 Å². The molecule has 0 amide bonds. The van der Waals surface area contributed by atoms with Crippen LogP contribution in [0.3, 0.4) is 0 Å². The van der Waals surface area contributed by atoms with E-state index in [1.54, 1.807) is 11.6 Å². The average molecular weight is 210 g/mol. The molecule has 1 unspecified atom stereocenters. The van der Waals surface area contributed by atoms with E-state index in [0.29, 0.717) is 5.69 Å². The number of aromatic nitrogens is 2. The topological polar surface area (TPSA) is 55.1 Å². The van der Waals surface area contributed by atoms with E-state index in [2.05, 4.69) is 4.98 Å². The molecule has 0 radical (unpaired) electrons. The van der Waals surface area contributed by atoms with Crippen molar-refractivity contribution in [3.63, 3.8) is 0 Å². The molecule has 4 nitrogen and oxygen atoms in total. The monoisotopic (exact) mass is 210 g/mol. The Balaban J connectivity index is 3.01. The zero-order valence-electron chi connectivity index (χ0n) is 9.90. The molecule has 1 aromatic heterocycles. The van der Waals surface area contributed by atoms with Gasteiger partial charge in [0.25, 0.3) is 0 Å². The van der Waals surface area contributed by atoms with Crippen molar-refractivity contribution in [2.45, 2.75) is 33.8 Å². The summed E-state index contributed by atoms with van der Waals surface area (Å²) in [6.45, 7) is 7.32. The number of aliphatic hydroxyl groups is 1. The number of ketones is 1. The molecule has 84 valence electrons. The SMILES string of the molecule is Cc1ncc(C(=O)C(O)C(C)(C)C)n1C. The molecule has 0 saturated heterocycles. The third-order valence-corrected chi connectivity index (χ3v) is 2.54. The second-order valence-corrected chi connectivity index (χ2v) is 4.88. The van der Waals surface area contributed by atoms with Crippen molar-refractivity contribution in [1.29, 1.82) is 0 Å². The highest BCUT2D eigenvalue weighted by molar-refractivity contribution is 5.98. The van der Waals surface area contributed by atoms with E-state index in [4.69, 9.17) is 0 Å². The molecule has 0 aliphatic heterocycles. The molecule has 0 aromatic carbocycles. The van der Waals surface area contributed by atoms with Crippen LogP contribution in [0.4, 0.5) is 0 Å². The number of carbonyl (C=O) groups is 1. The number of nitrogens with zero attached hydrogens (tertiary/aromatic N) is 2. The van der Waals surface area contributed by atoms with E-state index in [-0.39, 0.29) is 5.78 Å². The van der Waals surface area contributed by atoms with Gasteiger partial charge in [-0.2, -0.15) is 0 Å². The average Bonchev–Trinajstić information content (AvgIpc) is 2.44. The summed E-state index contributed by atoms with van der Waals surface area (Å²) in [7, 11) is 1.77. The summed E-state index contributed by atoms with van der Waals surface area (Å²) >= 11 is 0. The van der Waals surface area contributed by atoms with Crippen LogP contribution in [-0.2, 0) is 7.05 Å². The van der Waals surface area contributed by atoms with Crippen LogP contribution >= 0.6 is 0 Å². The van der Waals surface area contributed by atoms with Crippen molar-refractivity contribution >= 4 is 5.78 Å². The van der Waals surface area contributed by atoms with Gasteiger partial charge in [-0.05, 0) is 12.3 Å². The Morgan fingerprint density at radius 1 is 1.53 bits per heavy atom. The normalized spacial score (nSPS) is 14.0. The number of rotatable bonds is 2. The fourth-order valence-electron chi connectivity index (χ4n) is 1.26. The first-order chi connectivity index (χ1) is 6.75. The van der Waals surface area contributed by atoms with Gasteiger partial charge in [0.1, 0.15) is 17.6 Å². The van der Waals surface area contributed by atoms with Crippen LogP contribution < -0.4 is 0 Å². The highest BCUT2D eigenvalue weighted by Gasteiger charge is 2.31. The molecule has 0 aliphatic carbocycles. The molecule has 1 atom stereocenters. The summed E-state index contributed by atoms with van der Waals surface area (Å²) in [5.41, 5.74) is 0.00449. The van der Waals surface area contributed by atoms with Crippen molar-refractivity contribution < 1.29 is 9.90 Å². The van der Waals surface area contributed by atoms with Gasteiger partial charge in [-0.25, -0.2) is 4.98 Å². The Bertz CT molecular complexity index is 374. The largest absolute Gasteiger partial charge is 0.384 e. The molecule has 1 aromatic rings. The summed E-state index contributed by atoms with van der Waals surface area (Å²) < 4.78 is 1.69. The van der Waals surface area contributed by atoms with Crippen LogP contribution in [0.5, 0.6) is 0 Å². The fourth-order valence-corrected chi connectivity index (χ4v) is 1.26. The molecule has 4 heteroatoms. The maximum atomic E-state index is 11.9. The smallest absolute Gasteiger partial charge is 0.209 e.